The van der Waals surface area contributed by atoms with E-state index >= 15 is 0 Å². The molecule has 4 saturated carbocycles. The Morgan fingerprint density at radius 3 is 2.43 bits per heavy atom. The van der Waals surface area contributed by atoms with Crippen molar-refractivity contribution in [3.63, 3.8) is 0 Å². The van der Waals surface area contributed by atoms with Crippen LogP contribution in [-0.4, -0.2) is 23.7 Å². The van der Waals surface area contributed by atoms with Crippen molar-refractivity contribution in [1.82, 2.24) is 0 Å². The number of hydrogen-bond donors (Lipinski definition) is 0. The van der Waals surface area contributed by atoms with Crippen molar-refractivity contribution in [1.29, 1.82) is 0 Å². The van der Waals surface area contributed by atoms with Crippen LogP contribution in [0.3, 0.4) is 0 Å². The lowest BCUT2D eigenvalue weighted by Crippen LogP contribution is -2.66. The molecule has 35 heavy (non-hydrogen) atoms. The molecule has 196 valence electrons. The van der Waals surface area contributed by atoms with Gasteiger partial charge in [0, 0.05) is 10.7 Å². The van der Waals surface area contributed by atoms with Gasteiger partial charge < -0.3 is 4.74 Å². The predicted octanol–water partition coefficient (Wildman–Crippen LogP) is 7.90. The second-order valence-corrected chi connectivity index (χ2v) is 15.7. The van der Waals surface area contributed by atoms with Crippen LogP contribution in [0.25, 0.3) is 0 Å². The Labute approximate surface area is 221 Å². The quantitative estimate of drug-likeness (QED) is 0.261. The lowest BCUT2D eigenvalue weighted by atomic mass is 9.33. The number of fused-ring (bicyclic) bond motifs is 7. The first-order valence-electron chi connectivity index (χ1n) is 14.2. The van der Waals surface area contributed by atoms with Crippen molar-refractivity contribution in [2.24, 2.45) is 50.7 Å². The van der Waals surface area contributed by atoms with E-state index in [2.05, 4.69) is 63.5 Å². The molecule has 5 aliphatic rings. The summed E-state index contributed by atoms with van der Waals surface area (Å²) in [7, 11) is 1.50. The fourth-order valence-corrected chi connectivity index (χ4v) is 11.7. The van der Waals surface area contributed by atoms with E-state index in [-0.39, 0.29) is 38.4 Å². The number of carbonyl (C=O) groups excluding carboxylic acids is 2. The highest BCUT2D eigenvalue weighted by atomic mass is 79.9. The van der Waals surface area contributed by atoms with Crippen molar-refractivity contribution in [3.05, 3.63) is 11.6 Å². The Bertz CT molecular complexity index is 957. The number of rotatable bonds is 2. The zero-order valence-corrected chi connectivity index (χ0v) is 24.7. The maximum Gasteiger partial charge on any atom is 0.306 e. The number of ether oxygens (including phenoxy) is 1. The second kappa shape index (κ2) is 8.18. The van der Waals surface area contributed by atoms with E-state index in [0.29, 0.717) is 35.4 Å². The fraction of sp³-hybridized carbons (Fsp3) is 0.871. The summed E-state index contributed by atoms with van der Waals surface area (Å²) in [5.74, 6) is 1.83. The molecule has 4 fully saturated rings. The Morgan fingerprint density at radius 2 is 1.74 bits per heavy atom. The molecule has 0 radical (unpaired) electrons. The van der Waals surface area contributed by atoms with Crippen molar-refractivity contribution < 1.29 is 14.3 Å². The van der Waals surface area contributed by atoms with E-state index in [1.165, 1.54) is 44.8 Å². The summed E-state index contributed by atoms with van der Waals surface area (Å²) in [5.41, 5.74) is 1.62. The molecule has 0 bridgehead atoms. The number of hydrogen-bond acceptors (Lipinski definition) is 3. The lowest BCUT2D eigenvalue weighted by Gasteiger charge is -2.70. The van der Waals surface area contributed by atoms with Gasteiger partial charge in [0.1, 0.15) is 0 Å². The van der Waals surface area contributed by atoms with Crippen LogP contribution in [0.2, 0.25) is 0 Å². The zero-order valence-electron chi connectivity index (χ0n) is 23.1. The average Bonchev–Trinajstić information content (AvgIpc) is 2.78. The third kappa shape index (κ3) is 3.32. The predicted molar refractivity (Wildman–Crippen MR) is 144 cm³/mol. The van der Waals surface area contributed by atoms with Gasteiger partial charge >= 0.3 is 5.97 Å². The van der Waals surface area contributed by atoms with Gasteiger partial charge in [0.25, 0.3) is 0 Å². The van der Waals surface area contributed by atoms with Gasteiger partial charge in [-0.15, -0.1) is 0 Å². The van der Waals surface area contributed by atoms with Gasteiger partial charge in [0.05, 0.1) is 13.5 Å². The van der Waals surface area contributed by atoms with Crippen molar-refractivity contribution >= 4 is 27.7 Å². The summed E-state index contributed by atoms with van der Waals surface area (Å²) in [6.07, 6.45) is 13.3. The molecule has 3 unspecified atom stereocenters. The number of halogens is 1. The molecule has 10 atom stereocenters. The summed E-state index contributed by atoms with van der Waals surface area (Å²) in [5, 5.41) is 0. The number of esters is 1. The molecule has 0 aromatic heterocycles. The van der Waals surface area contributed by atoms with Gasteiger partial charge in [-0.2, -0.15) is 0 Å². The molecule has 0 heterocycles. The third-order valence-corrected chi connectivity index (χ3v) is 14.5. The molecule has 0 aliphatic heterocycles. The smallest absolute Gasteiger partial charge is 0.306 e. The first-order chi connectivity index (χ1) is 16.3. The second-order valence-electron chi connectivity index (χ2n) is 14.5. The highest BCUT2D eigenvalue weighted by molar-refractivity contribution is 9.09. The van der Waals surface area contributed by atoms with E-state index in [9.17, 15) is 9.59 Å². The van der Waals surface area contributed by atoms with Gasteiger partial charge in [0.2, 0.25) is 0 Å². The molecule has 0 aromatic carbocycles. The van der Waals surface area contributed by atoms with E-state index in [1.54, 1.807) is 0 Å². The minimum atomic E-state index is -0.199. The van der Waals surface area contributed by atoms with E-state index in [4.69, 9.17) is 4.74 Å². The van der Waals surface area contributed by atoms with E-state index in [1.807, 2.05) is 0 Å². The van der Waals surface area contributed by atoms with Gasteiger partial charge in [0.15, 0.2) is 5.78 Å². The Hall–Kier alpha value is -0.640. The average molecular weight is 548 g/mol. The molecule has 0 saturated heterocycles. The molecule has 0 amide bonds. The van der Waals surface area contributed by atoms with E-state index in [0.717, 1.165) is 25.7 Å². The number of ketones is 1. The normalized spacial score (nSPS) is 53.4. The van der Waals surface area contributed by atoms with Crippen LogP contribution in [0.1, 0.15) is 106 Å². The van der Waals surface area contributed by atoms with Crippen LogP contribution in [0.4, 0.5) is 0 Å². The molecule has 5 aliphatic carbocycles. The summed E-state index contributed by atoms with van der Waals surface area (Å²) in [4.78, 5) is 27.2. The summed E-state index contributed by atoms with van der Waals surface area (Å²) in [6, 6.07) is 0. The topological polar surface area (TPSA) is 43.4 Å². The summed E-state index contributed by atoms with van der Waals surface area (Å²) >= 11 is 3.98. The first kappa shape index (κ1) is 26.0. The molecule has 5 rings (SSSR count). The van der Waals surface area contributed by atoms with Crippen LogP contribution in [-0.2, 0) is 14.3 Å². The molecule has 0 aromatic rings. The van der Waals surface area contributed by atoms with Crippen LogP contribution in [0, 0.1) is 50.7 Å². The standard InChI is InChI=1S/C31H47BrO3/c1-19-9-8-12-27(2)15-16-30(5)20(25(19)27)17-21(33)26-28(3)13-11-23(32)29(4,18-24(34)35-7)22(28)10-14-31(26,30)6/h17,19,22-23,25-26H,8-16,18H2,1-7H3/t19-,22?,23-,25?,26?,27+,28-,29+,30+,31+/m0/s1. The zero-order chi connectivity index (χ0) is 25.6. The SMILES string of the molecule is COC(=O)C[C@]1(C)C2CC[C@]3(C)C(C(=O)C=C4C5[C@@H](C)CCC[C@]5(C)CC[C@]43C)[C@@]2(C)CC[C@@H]1Br. The Balaban J connectivity index is 1.61. The lowest BCUT2D eigenvalue weighted by molar-refractivity contribution is -0.188. The van der Waals surface area contributed by atoms with Crippen LogP contribution < -0.4 is 0 Å². The number of methoxy groups -OCH3 is 1. The van der Waals surface area contributed by atoms with Crippen LogP contribution in [0.5, 0.6) is 0 Å². The van der Waals surface area contributed by atoms with Gasteiger partial charge in [-0.1, -0.05) is 75.9 Å². The number of carbonyl (C=O) groups is 2. The molecule has 0 N–H and O–H groups in total. The molecule has 3 nitrogen and oxygen atoms in total. The van der Waals surface area contributed by atoms with Gasteiger partial charge in [-0.05, 0) is 95.9 Å². The van der Waals surface area contributed by atoms with Crippen molar-refractivity contribution in [3.8, 4) is 0 Å². The Morgan fingerprint density at radius 1 is 1.03 bits per heavy atom. The molecular formula is C31H47BrO3. The van der Waals surface area contributed by atoms with Gasteiger partial charge in [-0.25, -0.2) is 0 Å². The van der Waals surface area contributed by atoms with Crippen LogP contribution >= 0.6 is 15.9 Å². The molecular weight excluding hydrogens is 500 g/mol. The monoisotopic (exact) mass is 546 g/mol. The highest BCUT2D eigenvalue weighted by Crippen LogP contribution is 2.75. The minimum Gasteiger partial charge on any atom is -0.469 e. The number of alkyl halides is 1. The molecule has 4 heteroatoms. The summed E-state index contributed by atoms with van der Waals surface area (Å²) in [6.45, 7) is 14.7. The maximum absolute atomic E-state index is 14.4. The largest absolute Gasteiger partial charge is 0.469 e. The van der Waals surface area contributed by atoms with Gasteiger partial charge in [-0.3, -0.25) is 9.59 Å². The third-order valence-electron chi connectivity index (χ3n) is 13.0. The highest BCUT2D eigenvalue weighted by Gasteiger charge is 2.70. The maximum atomic E-state index is 14.4. The van der Waals surface area contributed by atoms with Crippen LogP contribution in [0.15, 0.2) is 11.6 Å². The Kier molecular flexibility index (Phi) is 6.07. The van der Waals surface area contributed by atoms with Crippen molar-refractivity contribution in [2.75, 3.05) is 7.11 Å². The molecule has 0 spiro atoms. The fourth-order valence-electron chi connectivity index (χ4n) is 11.0. The first-order valence-corrected chi connectivity index (χ1v) is 15.2. The van der Waals surface area contributed by atoms with E-state index < -0.39 is 0 Å². The number of allylic oxidation sites excluding steroid dienone is 2. The minimum absolute atomic E-state index is 0.0246. The summed E-state index contributed by atoms with van der Waals surface area (Å²) < 4.78 is 5.15. The van der Waals surface area contributed by atoms with Crippen molar-refractivity contribution in [2.45, 2.75) is 111 Å².